The van der Waals surface area contributed by atoms with E-state index < -0.39 is 0 Å². The van der Waals surface area contributed by atoms with Crippen molar-refractivity contribution in [2.24, 2.45) is 0 Å². The summed E-state index contributed by atoms with van der Waals surface area (Å²) < 4.78 is 5.54. The van der Waals surface area contributed by atoms with Crippen LogP contribution in [0.15, 0.2) is 22.9 Å². The van der Waals surface area contributed by atoms with Crippen molar-refractivity contribution in [1.29, 1.82) is 0 Å². The molecule has 0 amide bonds. The molecule has 0 unspecified atom stereocenters. The summed E-state index contributed by atoms with van der Waals surface area (Å²) in [7, 11) is 3.39. The van der Waals surface area contributed by atoms with Crippen LogP contribution in [0.1, 0.15) is 12.8 Å². The second kappa shape index (κ2) is 6.48. The van der Waals surface area contributed by atoms with Crippen molar-refractivity contribution in [2.45, 2.75) is 12.8 Å². The number of hydrogen-bond acceptors (Lipinski definition) is 4. The van der Waals surface area contributed by atoms with Gasteiger partial charge in [0.25, 0.3) is 0 Å². The molecule has 0 fully saturated rings. The van der Waals surface area contributed by atoms with E-state index in [1.54, 1.807) is 12.4 Å². The average molecular weight is 287 g/mol. The predicted molar refractivity (Wildman–Crippen MR) is 66.5 cm³/mol. The molecule has 1 aromatic heterocycles. The van der Waals surface area contributed by atoms with Gasteiger partial charge in [0.1, 0.15) is 0 Å². The first-order valence-corrected chi connectivity index (χ1v) is 5.82. The van der Waals surface area contributed by atoms with E-state index in [0.717, 1.165) is 23.1 Å². The van der Waals surface area contributed by atoms with Gasteiger partial charge in [0.05, 0.1) is 17.3 Å². The van der Waals surface area contributed by atoms with Crippen LogP contribution in [-0.2, 0) is 9.53 Å². The summed E-state index contributed by atoms with van der Waals surface area (Å²) >= 11 is 3.44. The number of ether oxygens (including phenoxy) is 1. The van der Waals surface area contributed by atoms with E-state index >= 15 is 0 Å². The number of carbonyl (C=O) groups excluding carboxylic acids is 1. The predicted octanol–water partition coefficient (Wildman–Crippen LogP) is 2.23. The van der Waals surface area contributed by atoms with Crippen LogP contribution in [0.2, 0.25) is 0 Å². The van der Waals surface area contributed by atoms with Gasteiger partial charge in [0, 0.05) is 32.4 Å². The summed E-state index contributed by atoms with van der Waals surface area (Å²) in [6.07, 6.45) is 4.73. The monoisotopic (exact) mass is 286 g/mol. The second-order valence-corrected chi connectivity index (χ2v) is 4.28. The zero-order chi connectivity index (χ0) is 12.0. The molecule has 0 saturated carbocycles. The molecule has 5 heteroatoms. The molecule has 0 saturated heterocycles. The first kappa shape index (κ1) is 13.0. The van der Waals surface area contributed by atoms with E-state index in [-0.39, 0.29) is 5.97 Å². The van der Waals surface area contributed by atoms with Crippen LogP contribution in [0.3, 0.4) is 0 Å². The Morgan fingerprint density at radius 1 is 1.62 bits per heavy atom. The van der Waals surface area contributed by atoms with Crippen LogP contribution < -0.4 is 4.90 Å². The summed E-state index contributed by atoms with van der Waals surface area (Å²) in [6.45, 7) is 0.803. The van der Waals surface area contributed by atoms with Crippen molar-refractivity contribution in [1.82, 2.24) is 4.98 Å². The Balaban J connectivity index is 2.44. The molecule has 1 heterocycles. The van der Waals surface area contributed by atoms with E-state index in [9.17, 15) is 4.79 Å². The number of esters is 1. The lowest BCUT2D eigenvalue weighted by molar-refractivity contribution is -0.140. The SMILES string of the molecule is COC(=O)CCCN(C)c1ccncc1Br. The Labute approximate surface area is 104 Å². The summed E-state index contributed by atoms with van der Waals surface area (Å²) in [5, 5.41) is 0. The molecule has 1 rings (SSSR count). The van der Waals surface area contributed by atoms with Crippen molar-refractivity contribution in [3.63, 3.8) is 0 Å². The lowest BCUT2D eigenvalue weighted by atomic mass is 10.3. The maximum Gasteiger partial charge on any atom is 0.305 e. The highest BCUT2D eigenvalue weighted by atomic mass is 79.9. The van der Waals surface area contributed by atoms with Crippen molar-refractivity contribution < 1.29 is 9.53 Å². The minimum atomic E-state index is -0.165. The highest BCUT2D eigenvalue weighted by Crippen LogP contribution is 2.23. The van der Waals surface area contributed by atoms with Crippen LogP contribution in [-0.4, -0.2) is 31.7 Å². The Morgan fingerprint density at radius 3 is 3.00 bits per heavy atom. The largest absolute Gasteiger partial charge is 0.469 e. The number of halogens is 1. The van der Waals surface area contributed by atoms with Crippen molar-refractivity contribution >= 4 is 27.6 Å². The fourth-order valence-corrected chi connectivity index (χ4v) is 1.91. The van der Waals surface area contributed by atoms with Gasteiger partial charge in [0.15, 0.2) is 0 Å². The number of aromatic nitrogens is 1. The van der Waals surface area contributed by atoms with E-state index in [1.165, 1.54) is 7.11 Å². The molecule has 88 valence electrons. The highest BCUT2D eigenvalue weighted by Gasteiger charge is 2.06. The Hall–Kier alpha value is -1.10. The number of nitrogens with zero attached hydrogens (tertiary/aromatic N) is 2. The van der Waals surface area contributed by atoms with Gasteiger partial charge in [-0.15, -0.1) is 0 Å². The number of pyridine rings is 1. The third kappa shape index (κ3) is 3.81. The van der Waals surface area contributed by atoms with Crippen LogP contribution in [0.25, 0.3) is 0 Å². The summed E-state index contributed by atoms with van der Waals surface area (Å²) in [6, 6.07) is 1.93. The lowest BCUT2D eigenvalue weighted by Crippen LogP contribution is -2.20. The van der Waals surface area contributed by atoms with E-state index in [4.69, 9.17) is 0 Å². The quantitative estimate of drug-likeness (QED) is 0.779. The van der Waals surface area contributed by atoms with Gasteiger partial charge < -0.3 is 9.64 Å². The molecule has 0 atom stereocenters. The summed E-state index contributed by atoms with van der Waals surface area (Å²) in [5.41, 5.74) is 1.07. The zero-order valence-electron chi connectivity index (χ0n) is 9.44. The summed E-state index contributed by atoms with van der Waals surface area (Å²) in [5.74, 6) is -0.165. The van der Waals surface area contributed by atoms with Crippen LogP contribution in [0, 0.1) is 0 Å². The number of hydrogen-bond donors (Lipinski definition) is 0. The fraction of sp³-hybridized carbons (Fsp3) is 0.455. The Bertz CT molecular complexity index is 358. The average Bonchev–Trinajstić information content (AvgIpc) is 2.29. The van der Waals surface area contributed by atoms with Gasteiger partial charge >= 0.3 is 5.97 Å². The van der Waals surface area contributed by atoms with Gasteiger partial charge in [-0.2, -0.15) is 0 Å². The lowest BCUT2D eigenvalue weighted by Gasteiger charge is -2.19. The molecule has 0 aromatic carbocycles. The maximum absolute atomic E-state index is 10.9. The Morgan fingerprint density at radius 2 is 2.38 bits per heavy atom. The molecule has 0 aliphatic carbocycles. The molecule has 16 heavy (non-hydrogen) atoms. The molecule has 0 aliphatic heterocycles. The van der Waals surface area contributed by atoms with E-state index in [2.05, 4.69) is 30.6 Å². The normalized spacial score (nSPS) is 9.94. The van der Waals surface area contributed by atoms with E-state index in [0.29, 0.717) is 6.42 Å². The first-order valence-electron chi connectivity index (χ1n) is 5.02. The van der Waals surface area contributed by atoms with Crippen molar-refractivity contribution in [2.75, 3.05) is 25.6 Å². The third-order valence-corrected chi connectivity index (χ3v) is 2.88. The topological polar surface area (TPSA) is 42.4 Å². The first-order chi connectivity index (χ1) is 7.65. The zero-order valence-corrected chi connectivity index (χ0v) is 11.0. The van der Waals surface area contributed by atoms with Crippen molar-refractivity contribution in [3.05, 3.63) is 22.9 Å². The minimum absolute atomic E-state index is 0.165. The molecular weight excluding hydrogens is 272 g/mol. The molecule has 0 spiro atoms. The smallest absolute Gasteiger partial charge is 0.305 e. The number of rotatable bonds is 5. The molecule has 4 nitrogen and oxygen atoms in total. The molecule has 0 radical (unpaired) electrons. The van der Waals surface area contributed by atoms with E-state index in [1.807, 2.05) is 13.1 Å². The fourth-order valence-electron chi connectivity index (χ4n) is 1.36. The van der Waals surface area contributed by atoms with Gasteiger partial charge in [-0.3, -0.25) is 9.78 Å². The van der Waals surface area contributed by atoms with Gasteiger partial charge in [0.2, 0.25) is 0 Å². The molecule has 0 aliphatic rings. The van der Waals surface area contributed by atoms with Crippen LogP contribution in [0.5, 0.6) is 0 Å². The maximum atomic E-state index is 10.9. The number of methoxy groups -OCH3 is 1. The minimum Gasteiger partial charge on any atom is -0.469 e. The van der Waals surface area contributed by atoms with Gasteiger partial charge in [-0.25, -0.2) is 0 Å². The molecule has 1 aromatic rings. The molecule has 0 bridgehead atoms. The van der Waals surface area contributed by atoms with Crippen molar-refractivity contribution in [3.8, 4) is 0 Å². The second-order valence-electron chi connectivity index (χ2n) is 3.43. The molecule has 0 N–H and O–H groups in total. The number of carbonyl (C=O) groups is 1. The van der Waals surface area contributed by atoms with Gasteiger partial charge in [-0.05, 0) is 28.4 Å². The standard InChI is InChI=1S/C11H15BrN2O2/c1-14(7-3-4-11(15)16-2)10-5-6-13-8-9(10)12/h5-6,8H,3-4,7H2,1-2H3. The van der Waals surface area contributed by atoms with Crippen LogP contribution in [0.4, 0.5) is 5.69 Å². The highest BCUT2D eigenvalue weighted by molar-refractivity contribution is 9.10. The summed E-state index contributed by atoms with van der Waals surface area (Å²) in [4.78, 5) is 17.0. The molecular formula is C11H15BrN2O2. The van der Waals surface area contributed by atoms with Crippen LogP contribution >= 0.6 is 15.9 Å². The number of anilines is 1. The third-order valence-electron chi connectivity index (χ3n) is 2.26. The Kier molecular flexibility index (Phi) is 5.25. The van der Waals surface area contributed by atoms with Gasteiger partial charge in [-0.1, -0.05) is 0 Å².